The monoisotopic (exact) mass is 512 g/mol. The largest absolute Gasteiger partial charge is 0.494 e. The highest BCUT2D eigenvalue weighted by Gasteiger charge is 2.24. The SMILES string of the molecule is C=CC(=O)Nc1cc(Nc2nccc(-c3ccc4c(cnn4C)c3)n2)c(OC)cc1N1CCN(C)[C@@H](C)C1. The number of fused-ring (bicyclic) bond motifs is 1. The van der Waals surface area contributed by atoms with Crippen molar-refractivity contribution in [2.45, 2.75) is 13.0 Å². The van der Waals surface area contributed by atoms with Crippen molar-refractivity contribution in [1.29, 1.82) is 0 Å². The molecule has 1 aliphatic heterocycles. The molecule has 1 fully saturated rings. The molecule has 0 radical (unpaired) electrons. The van der Waals surface area contributed by atoms with E-state index >= 15 is 0 Å². The zero-order valence-corrected chi connectivity index (χ0v) is 22.1. The molecule has 1 atom stereocenters. The normalized spacial score (nSPS) is 15.9. The number of hydrogen-bond acceptors (Lipinski definition) is 8. The van der Waals surface area contributed by atoms with Crippen LogP contribution in [0.15, 0.2) is 61.4 Å². The number of methoxy groups -OCH3 is 1. The maximum Gasteiger partial charge on any atom is 0.247 e. The average molecular weight is 513 g/mol. The molecule has 10 nitrogen and oxygen atoms in total. The average Bonchev–Trinajstić information content (AvgIpc) is 3.30. The van der Waals surface area contributed by atoms with Crippen LogP contribution in [-0.4, -0.2) is 70.4 Å². The van der Waals surface area contributed by atoms with Crippen LogP contribution in [0.4, 0.5) is 23.0 Å². The van der Waals surface area contributed by atoms with Crippen molar-refractivity contribution >= 4 is 39.8 Å². The van der Waals surface area contributed by atoms with E-state index in [1.807, 2.05) is 48.3 Å². The Morgan fingerprint density at radius 1 is 1.16 bits per heavy atom. The molecule has 0 bridgehead atoms. The number of aromatic nitrogens is 4. The van der Waals surface area contributed by atoms with Gasteiger partial charge in [0.15, 0.2) is 0 Å². The highest BCUT2D eigenvalue weighted by Crippen LogP contribution is 2.39. The molecule has 1 aliphatic rings. The minimum atomic E-state index is -0.284. The van der Waals surface area contributed by atoms with Gasteiger partial charge in [-0.3, -0.25) is 9.48 Å². The summed E-state index contributed by atoms with van der Waals surface area (Å²) >= 11 is 0. The summed E-state index contributed by atoms with van der Waals surface area (Å²) < 4.78 is 7.59. The fraction of sp³-hybridized carbons (Fsp3) is 0.286. The van der Waals surface area contributed by atoms with Gasteiger partial charge in [-0.05, 0) is 44.3 Å². The number of rotatable bonds is 7. The number of aryl methyl sites for hydroxylation is 1. The summed E-state index contributed by atoms with van der Waals surface area (Å²) in [6.45, 7) is 8.38. The third kappa shape index (κ3) is 5.03. The van der Waals surface area contributed by atoms with Gasteiger partial charge in [0.2, 0.25) is 11.9 Å². The van der Waals surface area contributed by atoms with Crippen LogP contribution in [0.3, 0.4) is 0 Å². The number of hydrogen-bond donors (Lipinski definition) is 2. The van der Waals surface area contributed by atoms with Crippen molar-refractivity contribution in [3.63, 3.8) is 0 Å². The van der Waals surface area contributed by atoms with Crippen molar-refractivity contribution in [2.24, 2.45) is 7.05 Å². The van der Waals surface area contributed by atoms with Crippen LogP contribution in [0, 0.1) is 0 Å². The van der Waals surface area contributed by atoms with Gasteiger partial charge in [0, 0.05) is 55.9 Å². The second-order valence-electron chi connectivity index (χ2n) is 9.47. The Bertz CT molecular complexity index is 1500. The number of benzene rings is 2. The number of nitrogens with one attached hydrogen (secondary N) is 2. The molecule has 0 unspecified atom stereocenters. The Balaban J connectivity index is 1.48. The van der Waals surface area contributed by atoms with Gasteiger partial charge in [-0.2, -0.15) is 5.10 Å². The lowest BCUT2D eigenvalue weighted by molar-refractivity contribution is -0.111. The molecule has 10 heteroatoms. The molecule has 2 aromatic carbocycles. The van der Waals surface area contributed by atoms with Gasteiger partial charge < -0.3 is 25.2 Å². The Kier molecular flexibility index (Phi) is 6.97. The summed E-state index contributed by atoms with van der Waals surface area (Å²) in [6.07, 6.45) is 4.82. The number of nitrogens with zero attached hydrogens (tertiary/aromatic N) is 6. The van der Waals surface area contributed by atoms with E-state index < -0.39 is 0 Å². The van der Waals surface area contributed by atoms with E-state index in [1.54, 1.807) is 13.3 Å². The van der Waals surface area contributed by atoms with E-state index in [2.05, 4.69) is 57.1 Å². The van der Waals surface area contributed by atoms with E-state index in [0.717, 1.165) is 47.5 Å². The lowest BCUT2D eigenvalue weighted by Crippen LogP contribution is -2.50. The predicted octanol–water partition coefficient (Wildman–Crippen LogP) is 4.05. The molecule has 2 N–H and O–H groups in total. The number of piperazine rings is 1. The zero-order valence-electron chi connectivity index (χ0n) is 22.1. The van der Waals surface area contributed by atoms with E-state index in [-0.39, 0.29) is 5.91 Å². The number of carbonyl (C=O) groups is 1. The smallest absolute Gasteiger partial charge is 0.247 e. The number of ether oxygens (including phenoxy) is 1. The molecule has 0 aliphatic carbocycles. The molecule has 0 saturated carbocycles. The Morgan fingerprint density at radius 2 is 2.00 bits per heavy atom. The first-order chi connectivity index (χ1) is 18.4. The molecule has 196 valence electrons. The van der Waals surface area contributed by atoms with Gasteiger partial charge in [-0.15, -0.1) is 0 Å². The van der Waals surface area contributed by atoms with Crippen molar-refractivity contribution in [3.05, 3.63) is 61.4 Å². The van der Waals surface area contributed by atoms with Crippen LogP contribution in [0.25, 0.3) is 22.2 Å². The quantitative estimate of drug-likeness (QED) is 0.358. The number of anilines is 4. The highest BCUT2D eigenvalue weighted by molar-refractivity contribution is 6.02. The van der Waals surface area contributed by atoms with Crippen LogP contribution < -0.4 is 20.3 Å². The van der Waals surface area contributed by atoms with Crippen molar-refractivity contribution in [3.8, 4) is 17.0 Å². The predicted molar refractivity (Wildman–Crippen MR) is 151 cm³/mol. The Morgan fingerprint density at radius 3 is 2.76 bits per heavy atom. The second-order valence-corrected chi connectivity index (χ2v) is 9.47. The van der Waals surface area contributed by atoms with E-state index in [4.69, 9.17) is 9.72 Å². The Labute approximate surface area is 221 Å². The van der Waals surface area contributed by atoms with Crippen LogP contribution >= 0.6 is 0 Å². The summed E-state index contributed by atoms with van der Waals surface area (Å²) in [5.74, 6) is 0.747. The van der Waals surface area contributed by atoms with Crippen LogP contribution in [0.1, 0.15) is 6.92 Å². The summed E-state index contributed by atoms with van der Waals surface area (Å²) in [5, 5.41) is 11.6. The zero-order chi connectivity index (χ0) is 26.8. The fourth-order valence-electron chi connectivity index (χ4n) is 4.67. The molecule has 1 saturated heterocycles. The minimum Gasteiger partial charge on any atom is -0.494 e. The van der Waals surface area contributed by atoms with Crippen molar-refractivity contribution in [1.82, 2.24) is 24.6 Å². The summed E-state index contributed by atoms with van der Waals surface area (Å²) in [4.78, 5) is 26.1. The third-order valence-corrected chi connectivity index (χ3v) is 7.01. The maximum absolute atomic E-state index is 12.3. The lowest BCUT2D eigenvalue weighted by Gasteiger charge is -2.39. The number of amides is 1. The van der Waals surface area contributed by atoms with Gasteiger partial charge >= 0.3 is 0 Å². The second kappa shape index (κ2) is 10.5. The van der Waals surface area contributed by atoms with E-state index in [0.29, 0.717) is 29.1 Å². The minimum absolute atomic E-state index is 0.284. The fourth-order valence-corrected chi connectivity index (χ4v) is 4.67. The molecule has 38 heavy (non-hydrogen) atoms. The van der Waals surface area contributed by atoms with Crippen LogP contribution in [-0.2, 0) is 11.8 Å². The molecular weight excluding hydrogens is 480 g/mol. The molecule has 0 spiro atoms. The molecule has 1 amide bonds. The topological polar surface area (TPSA) is 100 Å². The molecule has 3 heterocycles. The first-order valence-corrected chi connectivity index (χ1v) is 12.5. The van der Waals surface area contributed by atoms with Crippen molar-refractivity contribution < 1.29 is 9.53 Å². The van der Waals surface area contributed by atoms with E-state index in [9.17, 15) is 4.79 Å². The molecule has 5 rings (SSSR count). The molecular formula is C28H32N8O2. The lowest BCUT2D eigenvalue weighted by atomic mass is 10.1. The molecule has 2 aromatic heterocycles. The maximum atomic E-state index is 12.3. The van der Waals surface area contributed by atoms with Gasteiger partial charge in [0.25, 0.3) is 0 Å². The standard InChI is InChI=1S/C28H32N8O2/c1-6-27(37)31-22-14-23(26(38-5)15-25(22)36-12-11-34(3)18(2)17-36)33-28-29-10-9-21(32-28)19-7-8-24-20(13-19)16-30-35(24)4/h6-10,13-16,18H,1,11-12,17H2,2-5H3,(H,31,37)(H,29,32,33)/t18-/m0/s1. The molecule has 4 aromatic rings. The van der Waals surface area contributed by atoms with Gasteiger partial charge in [-0.1, -0.05) is 12.6 Å². The Hall–Kier alpha value is -4.44. The summed E-state index contributed by atoms with van der Waals surface area (Å²) in [5.41, 5.74) is 4.97. The van der Waals surface area contributed by atoms with E-state index in [1.165, 1.54) is 6.08 Å². The summed E-state index contributed by atoms with van der Waals surface area (Å²) in [6, 6.07) is 12.2. The summed E-state index contributed by atoms with van der Waals surface area (Å²) in [7, 11) is 5.67. The highest BCUT2D eigenvalue weighted by atomic mass is 16.5. The van der Waals surface area contributed by atoms with Crippen molar-refractivity contribution in [2.75, 3.05) is 49.3 Å². The van der Waals surface area contributed by atoms with Crippen LogP contribution in [0.5, 0.6) is 5.75 Å². The van der Waals surface area contributed by atoms with Crippen LogP contribution in [0.2, 0.25) is 0 Å². The number of carbonyl (C=O) groups excluding carboxylic acids is 1. The van der Waals surface area contributed by atoms with Gasteiger partial charge in [0.1, 0.15) is 5.75 Å². The van der Waals surface area contributed by atoms with Gasteiger partial charge in [-0.25, -0.2) is 9.97 Å². The first-order valence-electron chi connectivity index (χ1n) is 12.5. The van der Waals surface area contributed by atoms with Gasteiger partial charge in [0.05, 0.1) is 41.6 Å². The number of likely N-dealkylation sites (N-methyl/N-ethyl adjacent to an activating group) is 1. The third-order valence-electron chi connectivity index (χ3n) is 7.01. The first kappa shape index (κ1) is 25.2.